The molecule has 2 amide bonds. The summed E-state index contributed by atoms with van der Waals surface area (Å²) in [5, 5.41) is 2.83. The Kier molecular flexibility index (Phi) is 5.90. The molecule has 5 nitrogen and oxygen atoms in total. The number of nitrogens with zero attached hydrogens (tertiary/aromatic N) is 1. The van der Waals surface area contributed by atoms with Gasteiger partial charge in [0.1, 0.15) is 5.60 Å². The Morgan fingerprint density at radius 3 is 2.53 bits per heavy atom. The van der Waals surface area contributed by atoms with Crippen molar-refractivity contribution in [3.05, 3.63) is 47.5 Å². The van der Waals surface area contributed by atoms with Crippen LogP contribution < -0.4 is 5.32 Å². The number of hydrogen-bond donors (Lipinski definition) is 1. The molecule has 5 heteroatoms. The van der Waals surface area contributed by atoms with E-state index in [1.807, 2.05) is 26.8 Å². The number of carbonyl (C=O) groups is 2. The third-order valence-corrected chi connectivity index (χ3v) is 6.66. The smallest absolute Gasteiger partial charge is 0.407 e. The van der Waals surface area contributed by atoms with Crippen molar-refractivity contribution in [2.45, 2.75) is 64.5 Å². The van der Waals surface area contributed by atoms with Crippen molar-refractivity contribution in [3.63, 3.8) is 0 Å². The summed E-state index contributed by atoms with van der Waals surface area (Å²) >= 11 is 0. The second-order valence-corrected chi connectivity index (χ2v) is 10.1. The molecule has 3 aliphatic rings. The van der Waals surface area contributed by atoms with E-state index >= 15 is 0 Å². The molecule has 3 atom stereocenters. The number of alkyl carbamates (subject to hydrolysis) is 1. The van der Waals surface area contributed by atoms with Crippen molar-refractivity contribution in [1.82, 2.24) is 10.2 Å². The maximum Gasteiger partial charge on any atom is 0.407 e. The lowest BCUT2D eigenvalue weighted by Crippen LogP contribution is -2.42. The van der Waals surface area contributed by atoms with Crippen molar-refractivity contribution < 1.29 is 14.3 Å². The third-order valence-electron chi connectivity index (χ3n) is 6.66. The van der Waals surface area contributed by atoms with Crippen LogP contribution in [0.25, 0.3) is 0 Å². The lowest BCUT2D eigenvalue weighted by atomic mass is 9.87. The van der Waals surface area contributed by atoms with Gasteiger partial charge in [0.15, 0.2) is 0 Å². The topological polar surface area (TPSA) is 58.6 Å². The maximum absolute atomic E-state index is 13.0. The Balaban J connectivity index is 1.28. The number of piperidine rings is 1. The predicted octanol–water partition coefficient (Wildman–Crippen LogP) is 4.63. The first-order valence-electron chi connectivity index (χ1n) is 11.3. The van der Waals surface area contributed by atoms with E-state index in [9.17, 15) is 9.59 Å². The molecule has 2 bridgehead atoms. The van der Waals surface area contributed by atoms with Crippen molar-refractivity contribution in [2.24, 2.45) is 17.8 Å². The van der Waals surface area contributed by atoms with E-state index in [0.29, 0.717) is 30.2 Å². The number of amides is 2. The highest BCUT2D eigenvalue weighted by Gasteiger charge is 2.42. The van der Waals surface area contributed by atoms with Crippen LogP contribution in [0.2, 0.25) is 0 Å². The molecule has 4 rings (SSSR count). The summed E-state index contributed by atoms with van der Waals surface area (Å²) in [4.78, 5) is 27.0. The van der Waals surface area contributed by atoms with E-state index in [1.165, 1.54) is 12.0 Å². The molecule has 1 aromatic rings. The number of carbonyl (C=O) groups excluding carboxylic acids is 2. The first-order chi connectivity index (χ1) is 14.3. The van der Waals surface area contributed by atoms with Crippen LogP contribution in [0, 0.1) is 17.8 Å². The highest BCUT2D eigenvalue weighted by Crippen LogP contribution is 2.44. The quantitative estimate of drug-likeness (QED) is 0.736. The summed E-state index contributed by atoms with van der Waals surface area (Å²) in [6, 6.07) is 8.43. The zero-order valence-corrected chi connectivity index (χ0v) is 18.4. The number of benzene rings is 1. The molecule has 1 heterocycles. The third kappa shape index (κ3) is 4.88. The van der Waals surface area contributed by atoms with Crippen LogP contribution in [-0.2, 0) is 16.1 Å². The van der Waals surface area contributed by atoms with Crippen LogP contribution in [0.5, 0.6) is 0 Å². The second kappa shape index (κ2) is 8.44. The Hall–Kier alpha value is -2.30. The normalized spacial score (nSPS) is 26.1. The molecule has 0 radical (unpaired) electrons. The van der Waals surface area contributed by atoms with Gasteiger partial charge in [-0.1, -0.05) is 36.4 Å². The van der Waals surface area contributed by atoms with Gasteiger partial charge >= 0.3 is 6.09 Å². The first kappa shape index (κ1) is 21.0. The predicted molar refractivity (Wildman–Crippen MR) is 117 cm³/mol. The summed E-state index contributed by atoms with van der Waals surface area (Å²) in [6.07, 6.45) is 8.40. The van der Waals surface area contributed by atoms with Gasteiger partial charge in [-0.25, -0.2) is 4.79 Å². The summed E-state index contributed by atoms with van der Waals surface area (Å²) < 4.78 is 5.31. The Bertz CT molecular complexity index is 818. The fourth-order valence-electron chi connectivity index (χ4n) is 5.18. The molecule has 30 heavy (non-hydrogen) atoms. The number of allylic oxidation sites excluding steroid dienone is 2. The van der Waals surface area contributed by atoms with E-state index in [4.69, 9.17) is 4.74 Å². The number of nitrogens with one attached hydrogen (secondary N) is 1. The fraction of sp³-hybridized carbons (Fsp3) is 0.600. The Labute approximate surface area is 179 Å². The monoisotopic (exact) mass is 410 g/mol. The van der Waals surface area contributed by atoms with Gasteiger partial charge < -0.3 is 15.0 Å². The minimum Gasteiger partial charge on any atom is -0.444 e. The second-order valence-electron chi connectivity index (χ2n) is 10.1. The molecule has 1 N–H and O–H groups in total. The fourth-order valence-corrected chi connectivity index (χ4v) is 5.18. The van der Waals surface area contributed by atoms with Gasteiger partial charge in [0.05, 0.1) is 0 Å². The molecule has 162 valence electrons. The molecule has 0 spiro atoms. The van der Waals surface area contributed by atoms with E-state index in [2.05, 4.69) is 40.6 Å². The van der Waals surface area contributed by atoms with Gasteiger partial charge in [-0.3, -0.25) is 4.79 Å². The lowest BCUT2D eigenvalue weighted by molar-refractivity contribution is -0.137. The number of rotatable bonds is 4. The van der Waals surface area contributed by atoms with E-state index < -0.39 is 11.7 Å². The standard InChI is InChI=1S/C25H34N2O3/c1-25(2,3)30-24(29)26-16-18-5-4-6-20(14-18)19-9-11-27(12-10-19)23(28)22-15-17-7-8-21(22)13-17/h4-8,14,17,19,21-22H,9-13,15-16H2,1-3H3,(H,26,29). The minimum atomic E-state index is -0.494. The van der Waals surface area contributed by atoms with Crippen molar-refractivity contribution >= 4 is 12.0 Å². The van der Waals surface area contributed by atoms with Crippen molar-refractivity contribution in [1.29, 1.82) is 0 Å². The van der Waals surface area contributed by atoms with Crippen LogP contribution in [0.15, 0.2) is 36.4 Å². The van der Waals surface area contributed by atoms with E-state index in [-0.39, 0.29) is 5.92 Å². The van der Waals surface area contributed by atoms with Gasteiger partial charge in [0.2, 0.25) is 5.91 Å². The zero-order chi connectivity index (χ0) is 21.3. The maximum atomic E-state index is 13.0. The molecule has 3 unspecified atom stereocenters. The summed E-state index contributed by atoms with van der Waals surface area (Å²) in [6.45, 7) is 7.73. The van der Waals surface area contributed by atoms with Gasteiger partial charge in [0.25, 0.3) is 0 Å². The van der Waals surface area contributed by atoms with Gasteiger partial charge in [0, 0.05) is 25.6 Å². The summed E-state index contributed by atoms with van der Waals surface area (Å²) in [5.74, 6) is 2.18. The molecular weight excluding hydrogens is 376 g/mol. The molecule has 0 aromatic heterocycles. The van der Waals surface area contributed by atoms with Gasteiger partial charge in [-0.05, 0) is 75.3 Å². The number of likely N-dealkylation sites (tertiary alicyclic amines) is 1. The van der Waals surface area contributed by atoms with Crippen LogP contribution in [0.4, 0.5) is 4.79 Å². The summed E-state index contributed by atoms with van der Waals surface area (Å²) in [7, 11) is 0. The Morgan fingerprint density at radius 2 is 1.90 bits per heavy atom. The average molecular weight is 411 g/mol. The highest BCUT2D eigenvalue weighted by atomic mass is 16.6. The van der Waals surface area contributed by atoms with E-state index in [1.54, 1.807) is 0 Å². The van der Waals surface area contributed by atoms with Crippen molar-refractivity contribution in [2.75, 3.05) is 13.1 Å². The molecule has 2 fully saturated rings. The lowest BCUT2D eigenvalue weighted by Gasteiger charge is -2.35. The number of fused-ring (bicyclic) bond motifs is 2. The number of hydrogen-bond acceptors (Lipinski definition) is 3. The SMILES string of the molecule is CC(C)(C)OC(=O)NCc1cccc(C2CCN(C(=O)C3CC4C=CC3C4)CC2)c1. The molecular formula is C25H34N2O3. The van der Waals surface area contributed by atoms with Gasteiger partial charge in [-0.15, -0.1) is 0 Å². The van der Waals surface area contributed by atoms with Crippen molar-refractivity contribution in [3.8, 4) is 0 Å². The van der Waals surface area contributed by atoms with Gasteiger partial charge in [-0.2, -0.15) is 0 Å². The largest absolute Gasteiger partial charge is 0.444 e. The summed E-state index contributed by atoms with van der Waals surface area (Å²) in [5.41, 5.74) is 1.88. The molecule has 2 aliphatic carbocycles. The minimum absolute atomic E-state index is 0.221. The highest BCUT2D eigenvalue weighted by molar-refractivity contribution is 5.80. The number of ether oxygens (including phenoxy) is 1. The first-order valence-corrected chi connectivity index (χ1v) is 11.3. The molecule has 1 aliphatic heterocycles. The average Bonchev–Trinajstić information content (AvgIpc) is 3.35. The molecule has 1 aromatic carbocycles. The van der Waals surface area contributed by atoms with Crippen LogP contribution in [0.3, 0.4) is 0 Å². The molecule has 1 saturated heterocycles. The van der Waals surface area contributed by atoms with Crippen LogP contribution in [0.1, 0.15) is 63.5 Å². The molecule has 1 saturated carbocycles. The van der Waals surface area contributed by atoms with E-state index in [0.717, 1.165) is 37.9 Å². The zero-order valence-electron chi connectivity index (χ0n) is 18.4. The Morgan fingerprint density at radius 1 is 1.13 bits per heavy atom. The van der Waals surface area contributed by atoms with Crippen LogP contribution in [-0.4, -0.2) is 35.6 Å². The van der Waals surface area contributed by atoms with Crippen LogP contribution >= 0.6 is 0 Å².